The Morgan fingerprint density at radius 3 is 1.94 bits per heavy atom. The summed E-state index contributed by atoms with van der Waals surface area (Å²) in [6.07, 6.45) is -0.494. The Morgan fingerprint density at radius 1 is 1.19 bits per heavy atom. The molecule has 0 fully saturated rings. The normalized spacial score (nSPS) is 10.6. The molecule has 0 aromatic rings. The summed E-state index contributed by atoms with van der Waals surface area (Å²) in [6, 6.07) is -1.47. The van der Waals surface area contributed by atoms with Crippen LogP contribution in [0.15, 0.2) is 0 Å². The summed E-state index contributed by atoms with van der Waals surface area (Å²) in [4.78, 5) is 29.1. The first-order valence-corrected chi connectivity index (χ1v) is 4.27. The van der Waals surface area contributed by atoms with Crippen LogP contribution in [-0.4, -0.2) is 40.9 Å². The Labute approximate surface area is 91.6 Å². The average Bonchev–Trinajstić information content (AvgIpc) is 2.10. The van der Waals surface area contributed by atoms with E-state index in [4.69, 9.17) is 26.5 Å². The topological polar surface area (TPSA) is 182 Å². The molecule has 0 saturated heterocycles. The number of carbonyl (C=O) groups is 3. The molecule has 3 amide bonds. The third-order valence-electron chi connectivity index (χ3n) is 1.31. The lowest BCUT2D eigenvalue weighted by atomic mass is 10.2. The average molecular weight is 236 g/mol. The second-order valence-electron chi connectivity index (χ2n) is 2.72. The molecule has 9 N–H and O–H groups in total. The van der Waals surface area contributed by atoms with Crippen LogP contribution in [0.5, 0.6) is 0 Å². The SMILES string of the molecule is NC(=O)NCCC[C@H](N)C(=O)O.NC(=O)O. The molecule has 0 unspecified atom stereocenters. The molecule has 9 nitrogen and oxygen atoms in total. The molecule has 0 saturated carbocycles. The molecule has 0 aromatic heterocycles. The summed E-state index contributed by atoms with van der Waals surface area (Å²) in [5, 5.41) is 17.9. The van der Waals surface area contributed by atoms with Gasteiger partial charge in [0.2, 0.25) is 0 Å². The van der Waals surface area contributed by atoms with E-state index >= 15 is 0 Å². The summed E-state index contributed by atoms with van der Waals surface area (Å²) in [5.74, 6) is -1.03. The van der Waals surface area contributed by atoms with E-state index in [2.05, 4.69) is 11.1 Å². The molecule has 9 heteroatoms. The number of aliphatic carboxylic acids is 1. The molecule has 16 heavy (non-hydrogen) atoms. The van der Waals surface area contributed by atoms with E-state index in [0.717, 1.165) is 0 Å². The number of amides is 3. The fraction of sp³-hybridized carbons (Fsp3) is 0.571. The third kappa shape index (κ3) is 17.9. The number of nitrogens with two attached hydrogens (primary N) is 3. The van der Waals surface area contributed by atoms with Gasteiger partial charge in [0, 0.05) is 6.54 Å². The van der Waals surface area contributed by atoms with Crippen molar-refractivity contribution in [3.05, 3.63) is 0 Å². The van der Waals surface area contributed by atoms with Crippen molar-refractivity contribution < 1.29 is 24.6 Å². The van der Waals surface area contributed by atoms with Crippen LogP contribution in [-0.2, 0) is 4.79 Å². The van der Waals surface area contributed by atoms with Crippen molar-refractivity contribution in [3.63, 3.8) is 0 Å². The molecule has 1 atom stereocenters. The number of carboxylic acid groups (broad SMARTS) is 2. The predicted molar refractivity (Wildman–Crippen MR) is 54.6 cm³/mol. The number of rotatable bonds is 5. The van der Waals surface area contributed by atoms with Crippen LogP contribution in [0.4, 0.5) is 9.59 Å². The second kappa shape index (κ2) is 9.52. The van der Waals surface area contributed by atoms with E-state index < -0.39 is 24.1 Å². The molecular weight excluding hydrogens is 220 g/mol. The predicted octanol–water partition coefficient (Wildman–Crippen LogP) is -1.53. The van der Waals surface area contributed by atoms with Crippen molar-refractivity contribution in [2.75, 3.05) is 6.54 Å². The minimum atomic E-state index is -1.33. The van der Waals surface area contributed by atoms with Crippen LogP contribution in [0.3, 0.4) is 0 Å². The quantitative estimate of drug-likeness (QED) is 0.314. The van der Waals surface area contributed by atoms with Crippen LogP contribution in [0, 0.1) is 0 Å². The monoisotopic (exact) mass is 236 g/mol. The third-order valence-corrected chi connectivity index (χ3v) is 1.31. The van der Waals surface area contributed by atoms with Crippen LogP contribution in [0.1, 0.15) is 12.8 Å². The first-order valence-electron chi connectivity index (χ1n) is 4.27. The molecule has 0 aliphatic carbocycles. The van der Waals surface area contributed by atoms with E-state index in [1.807, 2.05) is 0 Å². The van der Waals surface area contributed by atoms with Gasteiger partial charge in [0.15, 0.2) is 0 Å². The van der Waals surface area contributed by atoms with E-state index in [0.29, 0.717) is 19.4 Å². The maximum atomic E-state index is 10.2. The number of hydrogen-bond acceptors (Lipinski definition) is 4. The van der Waals surface area contributed by atoms with Gasteiger partial charge in [0.1, 0.15) is 6.04 Å². The molecule has 0 heterocycles. The Balaban J connectivity index is 0. The minimum absolute atomic E-state index is 0.329. The van der Waals surface area contributed by atoms with Gasteiger partial charge < -0.3 is 32.7 Å². The molecule has 0 radical (unpaired) electrons. The number of nitrogens with one attached hydrogen (secondary N) is 1. The fourth-order valence-corrected chi connectivity index (χ4v) is 0.657. The lowest BCUT2D eigenvalue weighted by Crippen LogP contribution is -2.33. The maximum Gasteiger partial charge on any atom is 0.402 e. The minimum Gasteiger partial charge on any atom is -0.480 e. The molecule has 0 rings (SSSR count). The van der Waals surface area contributed by atoms with Crippen molar-refractivity contribution in [1.82, 2.24) is 5.32 Å². The largest absolute Gasteiger partial charge is 0.480 e. The number of carboxylic acids is 1. The molecule has 0 aliphatic rings. The number of primary amides is 2. The van der Waals surface area contributed by atoms with E-state index in [9.17, 15) is 9.59 Å². The second-order valence-corrected chi connectivity index (χ2v) is 2.72. The summed E-state index contributed by atoms with van der Waals surface area (Å²) in [6.45, 7) is 0.357. The van der Waals surface area contributed by atoms with Gasteiger partial charge >= 0.3 is 18.1 Å². The zero-order chi connectivity index (χ0) is 13.1. The maximum absolute atomic E-state index is 10.2. The van der Waals surface area contributed by atoms with Crippen LogP contribution in [0.2, 0.25) is 0 Å². The molecule has 0 aliphatic heterocycles. The molecule has 0 aromatic carbocycles. The molecular formula is C7H16N4O5. The molecule has 94 valence electrons. The summed E-state index contributed by atoms with van der Waals surface area (Å²) in [5.41, 5.74) is 14.0. The highest BCUT2D eigenvalue weighted by Crippen LogP contribution is 1.92. The highest BCUT2D eigenvalue weighted by molar-refractivity contribution is 5.73. The zero-order valence-electron chi connectivity index (χ0n) is 8.55. The van der Waals surface area contributed by atoms with Crippen molar-refractivity contribution in [1.29, 1.82) is 0 Å². The van der Waals surface area contributed by atoms with Gasteiger partial charge in [0.05, 0.1) is 0 Å². The van der Waals surface area contributed by atoms with Gasteiger partial charge in [-0.2, -0.15) is 0 Å². The van der Waals surface area contributed by atoms with Crippen LogP contribution < -0.4 is 22.5 Å². The fourth-order valence-electron chi connectivity index (χ4n) is 0.657. The Kier molecular flexibility index (Phi) is 9.76. The zero-order valence-corrected chi connectivity index (χ0v) is 8.55. The van der Waals surface area contributed by atoms with E-state index in [1.54, 1.807) is 0 Å². The van der Waals surface area contributed by atoms with Gasteiger partial charge in [0.25, 0.3) is 0 Å². The van der Waals surface area contributed by atoms with Crippen LogP contribution in [0.25, 0.3) is 0 Å². The number of hydrogen-bond donors (Lipinski definition) is 6. The lowest BCUT2D eigenvalue weighted by Gasteiger charge is -2.05. The molecule has 0 spiro atoms. The highest BCUT2D eigenvalue weighted by Gasteiger charge is 2.09. The first kappa shape index (κ1) is 16.4. The van der Waals surface area contributed by atoms with E-state index in [-0.39, 0.29) is 0 Å². The van der Waals surface area contributed by atoms with Crippen molar-refractivity contribution in [3.8, 4) is 0 Å². The van der Waals surface area contributed by atoms with Gasteiger partial charge in [-0.05, 0) is 12.8 Å². The Morgan fingerprint density at radius 2 is 1.62 bits per heavy atom. The molecule has 0 bridgehead atoms. The van der Waals surface area contributed by atoms with Crippen molar-refractivity contribution in [2.45, 2.75) is 18.9 Å². The Bertz CT molecular complexity index is 241. The lowest BCUT2D eigenvalue weighted by molar-refractivity contribution is -0.138. The smallest absolute Gasteiger partial charge is 0.402 e. The van der Waals surface area contributed by atoms with Gasteiger partial charge in [-0.1, -0.05) is 0 Å². The van der Waals surface area contributed by atoms with E-state index in [1.165, 1.54) is 0 Å². The summed E-state index contributed by atoms with van der Waals surface area (Å²) >= 11 is 0. The summed E-state index contributed by atoms with van der Waals surface area (Å²) in [7, 11) is 0. The first-order chi connectivity index (χ1) is 7.27. The van der Waals surface area contributed by atoms with Gasteiger partial charge in [-0.15, -0.1) is 0 Å². The van der Waals surface area contributed by atoms with Gasteiger partial charge in [-0.25, -0.2) is 9.59 Å². The van der Waals surface area contributed by atoms with Crippen molar-refractivity contribution in [2.24, 2.45) is 17.2 Å². The van der Waals surface area contributed by atoms with Gasteiger partial charge in [-0.3, -0.25) is 4.79 Å². The summed E-state index contributed by atoms with van der Waals surface area (Å²) < 4.78 is 0. The Hall–Kier alpha value is -2.03. The number of urea groups is 1. The highest BCUT2D eigenvalue weighted by atomic mass is 16.4. The standard InChI is InChI=1S/C6H13N3O3.CH3NO2/c7-4(5(10)11)2-1-3-9-6(8)12;2-1(3)4/h4H,1-3,7H2,(H,10,11)(H3,8,9,12);2H2,(H,3,4)/t4-;/m0./s1. The van der Waals surface area contributed by atoms with Crippen molar-refractivity contribution >= 4 is 18.1 Å². The van der Waals surface area contributed by atoms with Crippen LogP contribution >= 0.6 is 0 Å². The number of carbonyl (C=O) groups excluding carboxylic acids is 1.